The van der Waals surface area contributed by atoms with Gasteiger partial charge in [0.25, 0.3) is 5.91 Å². The number of carbonyl (C=O) groups is 1. The smallest absolute Gasteiger partial charge is 0.252 e. The fourth-order valence-electron chi connectivity index (χ4n) is 2.11. The molecule has 3 heteroatoms. The number of amides is 1. The van der Waals surface area contributed by atoms with Crippen molar-refractivity contribution < 1.29 is 9.90 Å². The zero-order chi connectivity index (χ0) is 13.5. The Balaban J connectivity index is 3.09. The highest BCUT2D eigenvalue weighted by atomic mass is 16.3. The average Bonchev–Trinajstić information content (AvgIpc) is 2.34. The van der Waals surface area contributed by atoms with Gasteiger partial charge in [0.05, 0.1) is 5.56 Å². The highest BCUT2D eigenvalue weighted by Crippen LogP contribution is 2.28. The standard InChI is InChI=1S/C15H23NO2/c1-3-5-7-11-9-10-13(15(16)18)14(17)12(11)8-6-4-2/h9-10,17H,3-8H2,1-2H3,(H2,16,18). The van der Waals surface area contributed by atoms with Crippen molar-refractivity contribution in [1.29, 1.82) is 0 Å². The summed E-state index contributed by atoms with van der Waals surface area (Å²) in [5, 5.41) is 10.2. The number of benzene rings is 1. The number of aromatic hydroxyl groups is 1. The Morgan fingerprint density at radius 2 is 1.78 bits per heavy atom. The van der Waals surface area contributed by atoms with Crippen molar-refractivity contribution in [1.82, 2.24) is 0 Å². The van der Waals surface area contributed by atoms with Gasteiger partial charge in [-0.1, -0.05) is 32.8 Å². The Morgan fingerprint density at radius 1 is 1.17 bits per heavy atom. The van der Waals surface area contributed by atoms with E-state index in [-0.39, 0.29) is 11.3 Å². The lowest BCUT2D eigenvalue weighted by molar-refractivity contribution is 0.0997. The van der Waals surface area contributed by atoms with Gasteiger partial charge in [-0.3, -0.25) is 4.79 Å². The van der Waals surface area contributed by atoms with Crippen LogP contribution < -0.4 is 5.73 Å². The lowest BCUT2D eigenvalue weighted by Crippen LogP contribution is -2.12. The number of hydrogen-bond donors (Lipinski definition) is 2. The molecule has 1 aromatic rings. The van der Waals surface area contributed by atoms with Crippen molar-refractivity contribution >= 4 is 5.91 Å². The predicted molar refractivity (Wildman–Crippen MR) is 73.8 cm³/mol. The van der Waals surface area contributed by atoms with Gasteiger partial charge in [-0.15, -0.1) is 0 Å². The molecule has 0 unspecified atom stereocenters. The van der Waals surface area contributed by atoms with Crippen LogP contribution in [0.4, 0.5) is 0 Å². The molecule has 0 aromatic heterocycles. The Morgan fingerprint density at radius 3 is 2.33 bits per heavy atom. The van der Waals surface area contributed by atoms with Crippen LogP contribution in [0.15, 0.2) is 12.1 Å². The van der Waals surface area contributed by atoms with Gasteiger partial charge in [-0.2, -0.15) is 0 Å². The number of primary amides is 1. The minimum absolute atomic E-state index is 0.0875. The number of rotatable bonds is 7. The van der Waals surface area contributed by atoms with Crippen LogP contribution in [0.2, 0.25) is 0 Å². The highest BCUT2D eigenvalue weighted by Gasteiger charge is 2.15. The van der Waals surface area contributed by atoms with Crippen molar-refractivity contribution in [3.05, 3.63) is 28.8 Å². The predicted octanol–water partition coefficient (Wildman–Crippen LogP) is 3.18. The summed E-state index contributed by atoms with van der Waals surface area (Å²) < 4.78 is 0. The van der Waals surface area contributed by atoms with Gasteiger partial charge in [-0.25, -0.2) is 0 Å². The van der Waals surface area contributed by atoms with E-state index in [2.05, 4.69) is 13.8 Å². The third-order valence-corrected chi connectivity index (χ3v) is 3.23. The number of hydrogen-bond acceptors (Lipinski definition) is 2. The number of phenols is 1. The Kier molecular flexibility index (Phi) is 5.69. The van der Waals surface area contributed by atoms with Crippen LogP contribution in [-0.4, -0.2) is 11.0 Å². The molecule has 0 radical (unpaired) electrons. The average molecular weight is 249 g/mol. The van der Waals surface area contributed by atoms with Crippen LogP contribution in [0.25, 0.3) is 0 Å². The van der Waals surface area contributed by atoms with E-state index in [1.54, 1.807) is 6.07 Å². The van der Waals surface area contributed by atoms with Crippen LogP contribution in [0.1, 0.15) is 61.0 Å². The Hall–Kier alpha value is -1.51. The van der Waals surface area contributed by atoms with Gasteiger partial charge in [0.2, 0.25) is 0 Å². The van der Waals surface area contributed by atoms with E-state index >= 15 is 0 Å². The summed E-state index contributed by atoms with van der Waals surface area (Å²) in [5.74, 6) is -0.475. The second-order valence-electron chi connectivity index (χ2n) is 4.67. The quantitative estimate of drug-likeness (QED) is 0.779. The van der Waals surface area contributed by atoms with E-state index in [0.717, 1.165) is 49.7 Å². The summed E-state index contributed by atoms with van der Waals surface area (Å²) in [4.78, 5) is 11.2. The molecule has 1 aromatic carbocycles. The van der Waals surface area contributed by atoms with Gasteiger partial charge in [-0.05, 0) is 42.9 Å². The van der Waals surface area contributed by atoms with Gasteiger partial charge < -0.3 is 10.8 Å². The monoisotopic (exact) mass is 249 g/mol. The zero-order valence-electron chi connectivity index (χ0n) is 11.3. The zero-order valence-corrected chi connectivity index (χ0v) is 11.3. The summed E-state index contributed by atoms with van der Waals surface area (Å²) in [7, 11) is 0. The van der Waals surface area contributed by atoms with Gasteiger partial charge in [0.15, 0.2) is 0 Å². The molecule has 18 heavy (non-hydrogen) atoms. The molecule has 0 aliphatic rings. The number of carbonyl (C=O) groups excluding carboxylic acids is 1. The van der Waals surface area contributed by atoms with Gasteiger partial charge >= 0.3 is 0 Å². The first-order valence-electron chi connectivity index (χ1n) is 6.75. The molecular weight excluding hydrogens is 226 g/mol. The summed E-state index contributed by atoms with van der Waals surface area (Å²) in [5.41, 5.74) is 7.55. The van der Waals surface area contributed by atoms with E-state index in [4.69, 9.17) is 5.73 Å². The second-order valence-corrected chi connectivity index (χ2v) is 4.67. The third kappa shape index (κ3) is 3.49. The summed E-state index contributed by atoms with van der Waals surface area (Å²) >= 11 is 0. The maximum Gasteiger partial charge on any atom is 0.252 e. The normalized spacial score (nSPS) is 10.6. The first-order valence-corrected chi connectivity index (χ1v) is 6.75. The van der Waals surface area contributed by atoms with Crippen molar-refractivity contribution in [2.24, 2.45) is 5.73 Å². The Labute approximate surface area is 109 Å². The van der Waals surface area contributed by atoms with Crippen molar-refractivity contribution in [2.45, 2.75) is 52.4 Å². The minimum Gasteiger partial charge on any atom is -0.507 e. The molecule has 3 N–H and O–H groups in total. The fraction of sp³-hybridized carbons (Fsp3) is 0.533. The highest BCUT2D eigenvalue weighted by molar-refractivity contribution is 5.96. The molecule has 0 bridgehead atoms. The molecule has 100 valence electrons. The summed E-state index contributed by atoms with van der Waals surface area (Å²) in [6.45, 7) is 4.25. The molecule has 3 nitrogen and oxygen atoms in total. The van der Waals surface area contributed by atoms with E-state index in [1.165, 1.54) is 0 Å². The fourth-order valence-corrected chi connectivity index (χ4v) is 2.11. The maximum atomic E-state index is 11.2. The molecule has 0 aliphatic carbocycles. The van der Waals surface area contributed by atoms with E-state index in [9.17, 15) is 9.90 Å². The van der Waals surface area contributed by atoms with Crippen LogP contribution in [-0.2, 0) is 12.8 Å². The Bertz CT molecular complexity index is 413. The summed E-state index contributed by atoms with van der Waals surface area (Å²) in [6, 6.07) is 3.57. The first kappa shape index (κ1) is 14.6. The molecule has 0 fully saturated rings. The van der Waals surface area contributed by atoms with Gasteiger partial charge in [0.1, 0.15) is 5.75 Å². The van der Waals surface area contributed by atoms with Crippen molar-refractivity contribution in [3.63, 3.8) is 0 Å². The second kappa shape index (κ2) is 7.04. The molecule has 0 saturated carbocycles. The number of nitrogens with two attached hydrogens (primary N) is 1. The number of aryl methyl sites for hydroxylation is 1. The molecule has 0 spiro atoms. The van der Waals surface area contributed by atoms with Crippen LogP contribution in [0.3, 0.4) is 0 Å². The molecule has 1 rings (SSSR count). The molecule has 0 saturated heterocycles. The van der Waals surface area contributed by atoms with E-state index in [0.29, 0.717) is 0 Å². The molecule has 0 atom stereocenters. The van der Waals surface area contributed by atoms with E-state index in [1.807, 2.05) is 6.07 Å². The molecule has 0 heterocycles. The largest absolute Gasteiger partial charge is 0.507 e. The first-order chi connectivity index (χ1) is 8.61. The SMILES string of the molecule is CCCCc1ccc(C(N)=O)c(O)c1CCCC. The molecular formula is C15H23NO2. The van der Waals surface area contributed by atoms with Crippen LogP contribution in [0, 0.1) is 0 Å². The lowest BCUT2D eigenvalue weighted by Gasteiger charge is -2.13. The number of unbranched alkanes of at least 4 members (excludes halogenated alkanes) is 2. The van der Waals surface area contributed by atoms with Crippen LogP contribution in [0.5, 0.6) is 5.75 Å². The maximum absolute atomic E-state index is 11.2. The molecule has 1 amide bonds. The minimum atomic E-state index is -0.563. The topological polar surface area (TPSA) is 63.3 Å². The third-order valence-electron chi connectivity index (χ3n) is 3.23. The lowest BCUT2D eigenvalue weighted by atomic mass is 9.94. The van der Waals surface area contributed by atoms with Gasteiger partial charge in [0, 0.05) is 0 Å². The van der Waals surface area contributed by atoms with E-state index < -0.39 is 5.91 Å². The summed E-state index contributed by atoms with van der Waals surface area (Å²) in [6.07, 6.45) is 6.03. The molecule has 0 aliphatic heterocycles. The van der Waals surface area contributed by atoms with Crippen molar-refractivity contribution in [2.75, 3.05) is 0 Å². The van der Waals surface area contributed by atoms with Crippen LogP contribution >= 0.6 is 0 Å². The van der Waals surface area contributed by atoms with Crippen molar-refractivity contribution in [3.8, 4) is 5.75 Å².